The molecule has 22 heavy (non-hydrogen) atoms. The molecule has 0 spiro atoms. The Morgan fingerprint density at radius 1 is 1.18 bits per heavy atom. The Hall–Kier alpha value is -2.88. The van der Waals surface area contributed by atoms with E-state index in [2.05, 4.69) is 9.97 Å². The van der Waals surface area contributed by atoms with Gasteiger partial charge in [-0.15, -0.1) is 0 Å². The van der Waals surface area contributed by atoms with Gasteiger partial charge in [-0.05, 0) is 24.3 Å². The number of pyridine rings is 1. The monoisotopic (exact) mass is 302 g/mol. The van der Waals surface area contributed by atoms with Crippen LogP contribution in [0.3, 0.4) is 0 Å². The summed E-state index contributed by atoms with van der Waals surface area (Å²) in [6, 6.07) is 7.97. The lowest BCUT2D eigenvalue weighted by Crippen LogP contribution is -2.06. The lowest BCUT2D eigenvalue weighted by Gasteiger charge is -2.08. The van der Waals surface area contributed by atoms with Crippen molar-refractivity contribution < 1.29 is 13.2 Å². The lowest BCUT2D eigenvalue weighted by atomic mass is 10.2. The quantitative estimate of drug-likeness (QED) is 0.691. The number of hydrogen-bond acceptors (Lipinski definition) is 3. The molecule has 0 amide bonds. The second-order valence-electron chi connectivity index (χ2n) is 4.77. The maximum absolute atomic E-state index is 12.8. The van der Waals surface area contributed by atoms with Crippen LogP contribution in [0.1, 0.15) is 11.1 Å². The molecule has 3 rings (SSSR count). The predicted octanol–water partition coefficient (Wildman–Crippen LogP) is 3.53. The summed E-state index contributed by atoms with van der Waals surface area (Å²) in [5.41, 5.74) is 1.17. The maximum Gasteiger partial charge on any atom is 0.417 e. The Morgan fingerprint density at radius 2 is 1.95 bits per heavy atom. The molecule has 0 aliphatic rings. The molecule has 2 heterocycles. The third-order valence-electron chi connectivity index (χ3n) is 3.33. The van der Waals surface area contributed by atoms with Crippen molar-refractivity contribution in [3.05, 3.63) is 47.8 Å². The summed E-state index contributed by atoms with van der Waals surface area (Å²) in [5, 5.41) is 8.90. The zero-order chi connectivity index (χ0) is 15.9. The molecule has 0 radical (unpaired) electrons. The van der Waals surface area contributed by atoms with Crippen LogP contribution in [-0.4, -0.2) is 14.5 Å². The third kappa shape index (κ3) is 2.29. The van der Waals surface area contributed by atoms with E-state index in [9.17, 15) is 13.2 Å². The number of fused-ring (bicyclic) bond motifs is 1. The number of aromatic nitrogens is 3. The molecule has 0 saturated carbocycles. The number of rotatable bonds is 1. The number of benzene rings is 1. The van der Waals surface area contributed by atoms with Crippen molar-refractivity contribution in [2.45, 2.75) is 6.18 Å². The first-order chi connectivity index (χ1) is 10.4. The fourth-order valence-corrected chi connectivity index (χ4v) is 2.24. The Morgan fingerprint density at radius 3 is 2.64 bits per heavy atom. The summed E-state index contributed by atoms with van der Waals surface area (Å²) in [4.78, 5) is 7.97. The summed E-state index contributed by atoms with van der Waals surface area (Å²) >= 11 is 0. The normalized spacial score (nSPS) is 11.6. The van der Waals surface area contributed by atoms with Gasteiger partial charge in [-0.2, -0.15) is 18.4 Å². The summed E-state index contributed by atoms with van der Waals surface area (Å²) in [6.45, 7) is 0. The Kier molecular flexibility index (Phi) is 3.10. The molecular weight excluding hydrogens is 293 g/mol. The number of aryl methyl sites for hydroxylation is 1. The van der Waals surface area contributed by atoms with E-state index in [4.69, 9.17) is 5.26 Å². The number of nitrogens with zero attached hydrogens (tertiary/aromatic N) is 4. The molecular formula is C15H9F3N4. The molecule has 0 atom stereocenters. The average molecular weight is 302 g/mol. The van der Waals surface area contributed by atoms with E-state index in [0.29, 0.717) is 16.9 Å². The van der Waals surface area contributed by atoms with Gasteiger partial charge in [0.25, 0.3) is 0 Å². The highest BCUT2D eigenvalue weighted by Crippen LogP contribution is 2.32. The molecule has 3 aromatic rings. The zero-order valence-electron chi connectivity index (χ0n) is 11.4. The Balaban J connectivity index is 2.19. The van der Waals surface area contributed by atoms with Crippen LogP contribution < -0.4 is 0 Å². The first-order valence-corrected chi connectivity index (χ1v) is 6.29. The van der Waals surface area contributed by atoms with Crippen molar-refractivity contribution >= 4 is 11.0 Å². The van der Waals surface area contributed by atoms with Gasteiger partial charge < -0.3 is 4.57 Å². The van der Waals surface area contributed by atoms with E-state index in [1.54, 1.807) is 29.8 Å². The van der Waals surface area contributed by atoms with Crippen molar-refractivity contribution in [2.24, 2.45) is 7.05 Å². The van der Waals surface area contributed by atoms with Gasteiger partial charge in [-0.3, -0.25) is 4.98 Å². The van der Waals surface area contributed by atoms with Gasteiger partial charge in [0.15, 0.2) is 0 Å². The smallest absolute Gasteiger partial charge is 0.327 e. The largest absolute Gasteiger partial charge is 0.417 e. The van der Waals surface area contributed by atoms with Gasteiger partial charge >= 0.3 is 6.18 Å². The molecule has 0 aliphatic carbocycles. The molecule has 7 heteroatoms. The van der Waals surface area contributed by atoms with Gasteiger partial charge in [-0.1, -0.05) is 0 Å². The fraction of sp³-hybridized carbons (Fsp3) is 0.133. The number of alkyl halides is 3. The lowest BCUT2D eigenvalue weighted by molar-refractivity contribution is -0.137. The van der Waals surface area contributed by atoms with E-state index < -0.39 is 11.7 Å². The highest BCUT2D eigenvalue weighted by atomic mass is 19.4. The number of hydrogen-bond donors (Lipinski definition) is 0. The highest BCUT2D eigenvalue weighted by Gasteiger charge is 2.31. The van der Waals surface area contributed by atoms with Crippen LogP contribution in [0.2, 0.25) is 0 Å². The average Bonchev–Trinajstić information content (AvgIpc) is 2.83. The van der Waals surface area contributed by atoms with Crippen LogP contribution in [0.25, 0.3) is 22.4 Å². The van der Waals surface area contributed by atoms with Gasteiger partial charge in [0.05, 0.1) is 28.2 Å². The Bertz CT molecular complexity index is 903. The zero-order valence-corrected chi connectivity index (χ0v) is 11.4. The van der Waals surface area contributed by atoms with E-state index in [1.807, 2.05) is 6.07 Å². The number of imidazole rings is 1. The van der Waals surface area contributed by atoms with Crippen LogP contribution in [0.15, 0.2) is 36.7 Å². The topological polar surface area (TPSA) is 54.5 Å². The van der Waals surface area contributed by atoms with Crippen LogP contribution in [-0.2, 0) is 13.2 Å². The number of nitriles is 1. The first kappa shape index (κ1) is 14.1. The standard InChI is InChI=1S/C15H9F3N4/c1-22-13-3-2-9(6-19)4-12(13)21-14(22)10-5-11(8-20-7-10)15(16,17)18/h2-5,7-8H,1H3. The molecule has 0 bridgehead atoms. The van der Waals surface area contributed by atoms with Gasteiger partial charge in [0.1, 0.15) is 5.82 Å². The van der Waals surface area contributed by atoms with Crippen LogP contribution in [0.5, 0.6) is 0 Å². The maximum atomic E-state index is 12.8. The van der Waals surface area contributed by atoms with Crippen molar-refractivity contribution in [3.8, 4) is 17.5 Å². The molecule has 4 nitrogen and oxygen atoms in total. The van der Waals surface area contributed by atoms with Gasteiger partial charge in [0.2, 0.25) is 0 Å². The minimum Gasteiger partial charge on any atom is -0.327 e. The predicted molar refractivity (Wildman–Crippen MR) is 73.7 cm³/mol. The molecule has 2 aromatic heterocycles. The van der Waals surface area contributed by atoms with Crippen molar-refractivity contribution in [1.82, 2.24) is 14.5 Å². The molecule has 0 unspecified atom stereocenters. The second-order valence-corrected chi connectivity index (χ2v) is 4.77. The Labute approximate surface area is 123 Å². The second kappa shape index (κ2) is 4.84. The molecule has 0 fully saturated rings. The van der Waals surface area contributed by atoms with Crippen LogP contribution in [0.4, 0.5) is 13.2 Å². The third-order valence-corrected chi connectivity index (χ3v) is 3.33. The van der Waals surface area contributed by atoms with Gasteiger partial charge in [0, 0.05) is 25.0 Å². The van der Waals surface area contributed by atoms with Crippen LogP contribution in [0, 0.1) is 11.3 Å². The fourth-order valence-electron chi connectivity index (χ4n) is 2.24. The van der Waals surface area contributed by atoms with E-state index in [-0.39, 0.29) is 5.56 Å². The molecule has 110 valence electrons. The SMILES string of the molecule is Cn1c(-c2cncc(C(F)(F)F)c2)nc2cc(C#N)ccc21. The number of halogens is 3. The molecule has 0 aliphatic heterocycles. The summed E-state index contributed by atoms with van der Waals surface area (Å²) < 4.78 is 40.0. The minimum absolute atomic E-state index is 0.270. The molecule has 1 aromatic carbocycles. The van der Waals surface area contributed by atoms with E-state index in [0.717, 1.165) is 17.8 Å². The van der Waals surface area contributed by atoms with E-state index in [1.165, 1.54) is 6.20 Å². The van der Waals surface area contributed by atoms with Gasteiger partial charge in [-0.25, -0.2) is 4.98 Å². The summed E-state index contributed by atoms with van der Waals surface area (Å²) in [7, 11) is 1.71. The summed E-state index contributed by atoms with van der Waals surface area (Å²) in [5.74, 6) is 0.365. The highest BCUT2D eigenvalue weighted by molar-refractivity contribution is 5.81. The molecule has 0 saturated heterocycles. The van der Waals surface area contributed by atoms with Crippen molar-refractivity contribution in [1.29, 1.82) is 5.26 Å². The molecule has 0 N–H and O–H groups in total. The van der Waals surface area contributed by atoms with E-state index >= 15 is 0 Å². The minimum atomic E-state index is -4.46. The van der Waals surface area contributed by atoms with Crippen molar-refractivity contribution in [3.63, 3.8) is 0 Å². The van der Waals surface area contributed by atoms with Crippen molar-refractivity contribution in [2.75, 3.05) is 0 Å². The first-order valence-electron chi connectivity index (χ1n) is 6.29. The van der Waals surface area contributed by atoms with Crippen LogP contribution >= 0.6 is 0 Å². The summed E-state index contributed by atoms with van der Waals surface area (Å²) in [6.07, 6.45) is -2.34.